The average Bonchev–Trinajstić information content (AvgIpc) is 2.40. The molecule has 0 spiro atoms. The first-order valence-corrected chi connectivity index (χ1v) is 9.00. The summed E-state index contributed by atoms with van der Waals surface area (Å²) >= 11 is 1.60. The van der Waals surface area contributed by atoms with Crippen molar-refractivity contribution in [1.29, 1.82) is 0 Å². The zero-order valence-electron chi connectivity index (χ0n) is 12.5. The van der Waals surface area contributed by atoms with Crippen LogP contribution in [0.5, 0.6) is 5.75 Å². The lowest BCUT2D eigenvalue weighted by molar-refractivity contribution is 0.389. The Kier molecular flexibility index (Phi) is 5.73. The highest BCUT2D eigenvalue weighted by molar-refractivity contribution is 7.98. The molecule has 1 aromatic rings. The Morgan fingerprint density at radius 2 is 2.05 bits per heavy atom. The van der Waals surface area contributed by atoms with E-state index in [0.29, 0.717) is 11.4 Å². The minimum absolute atomic E-state index is 0.109. The summed E-state index contributed by atoms with van der Waals surface area (Å²) in [7, 11) is -0.599. The van der Waals surface area contributed by atoms with Crippen LogP contribution in [0.2, 0.25) is 0 Å². The molecule has 0 aliphatic carbocycles. The zero-order valence-corrected chi connectivity index (χ0v) is 14.1. The maximum atomic E-state index is 12.7. The molecule has 20 heavy (non-hydrogen) atoms. The smallest absolute Gasteiger partial charge is 0.246 e. The van der Waals surface area contributed by atoms with Gasteiger partial charge in [-0.05, 0) is 37.8 Å². The normalized spacial score (nSPS) is 13.5. The summed E-state index contributed by atoms with van der Waals surface area (Å²) in [5, 5.41) is 0. The lowest BCUT2D eigenvalue weighted by Gasteiger charge is -2.25. The quantitative estimate of drug-likeness (QED) is 0.812. The minimum Gasteiger partial charge on any atom is -0.495 e. The first-order valence-electron chi connectivity index (χ1n) is 6.16. The van der Waals surface area contributed by atoms with Gasteiger partial charge in [0.2, 0.25) is 10.0 Å². The van der Waals surface area contributed by atoms with Gasteiger partial charge in [-0.15, -0.1) is 0 Å². The molecule has 2 N–H and O–H groups in total. The maximum Gasteiger partial charge on any atom is 0.246 e. The molecular weight excluding hydrogens is 296 g/mol. The summed E-state index contributed by atoms with van der Waals surface area (Å²) in [6, 6.07) is 3.00. The molecule has 1 atom stereocenters. The van der Waals surface area contributed by atoms with Crippen LogP contribution in [0.3, 0.4) is 0 Å². The minimum atomic E-state index is -3.63. The predicted octanol–water partition coefficient (Wildman–Crippen LogP) is 1.96. The van der Waals surface area contributed by atoms with Crippen molar-refractivity contribution < 1.29 is 13.2 Å². The van der Waals surface area contributed by atoms with E-state index in [2.05, 4.69) is 0 Å². The average molecular weight is 318 g/mol. The lowest BCUT2D eigenvalue weighted by Crippen LogP contribution is -2.36. The fourth-order valence-corrected chi connectivity index (χ4v) is 4.11. The number of rotatable bonds is 6. The fraction of sp³-hybridized carbons (Fsp3) is 0.538. The van der Waals surface area contributed by atoms with Gasteiger partial charge < -0.3 is 10.5 Å². The van der Waals surface area contributed by atoms with Crippen LogP contribution in [0, 0.1) is 6.92 Å². The largest absolute Gasteiger partial charge is 0.495 e. The molecule has 0 saturated carbocycles. The predicted molar refractivity (Wildman–Crippen MR) is 84.9 cm³/mol. The number of nitrogens with zero attached hydrogens (tertiary/aromatic N) is 1. The van der Waals surface area contributed by atoms with Gasteiger partial charge in [-0.3, -0.25) is 0 Å². The highest BCUT2D eigenvalue weighted by Crippen LogP contribution is 2.31. The van der Waals surface area contributed by atoms with Crippen molar-refractivity contribution in [2.75, 3.05) is 31.9 Å². The van der Waals surface area contributed by atoms with Gasteiger partial charge in [0.15, 0.2) is 0 Å². The molecule has 0 bridgehead atoms. The number of aryl methyl sites for hydroxylation is 1. The summed E-state index contributed by atoms with van der Waals surface area (Å²) in [5.41, 5.74) is 7.07. The topological polar surface area (TPSA) is 72.6 Å². The van der Waals surface area contributed by atoms with Gasteiger partial charge in [-0.1, -0.05) is 0 Å². The Labute approximate surface area is 125 Å². The van der Waals surface area contributed by atoms with Crippen molar-refractivity contribution in [2.24, 2.45) is 0 Å². The van der Waals surface area contributed by atoms with E-state index in [-0.39, 0.29) is 10.9 Å². The molecule has 5 nitrogen and oxygen atoms in total. The summed E-state index contributed by atoms with van der Waals surface area (Å²) in [4.78, 5) is 0.110. The number of methoxy groups -OCH3 is 1. The Hall–Kier alpha value is -0.920. The van der Waals surface area contributed by atoms with Crippen molar-refractivity contribution in [3.05, 3.63) is 17.7 Å². The number of hydrogen-bond donors (Lipinski definition) is 1. The van der Waals surface area contributed by atoms with Crippen LogP contribution in [0.1, 0.15) is 12.5 Å². The van der Waals surface area contributed by atoms with Gasteiger partial charge >= 0.3 is 0 Å². The highest BCUT2D eigenvalue weighted by Gasteiger charge is 2.28. The van der Waals surface area contributed by atoms with Crippen molar-refractivity contribution in [3.8, 4) is 5.75 Å². The Balaban J connectivity index is 3.31. The van der Waals surface area contributed by atoms with Crippen LogP contribution in [-0.2, 0) is 10.0 Å². The molecule has 1 rings (SSSR count). The van der Waals surface area contributed by atoms with Crippen LogP contribution in [-0.4, -0.2) is 44.9 Å². The van der Waals surface area contributed by atoms with Crippen molar-refractivity contribution >= 4 is 27.5 Å². The van der Waals surface area contributed by atoms with Crippen molar-refractivity contribution in [2.45, 2.75) is 24.8 Å². The number of thioether (sulfide) groups is 1. The number of nitrogen functional groups attached to an aromatic ring is 1. The summed E-state index contributed by atoms with van der Waals surface area (Å²) < 4.78 is 31.9. The molecule has 7 heteroatoms. The summed E-state index contributed by atoms with van der Waals surface area (Å²) in [6.45, 7) is 3.69. The SMILES string of the molecule is COc1cc(C)c(N)cc1S(=O)(=O)N(C)C(C)CSC. The van der Waals surface area contributed by atoms with Crippen LogP contribution in [0.15, 0.2) is 17.0 Å². The van der Waals surface area contributed by atoms with Crippen LogP contribution in [0.25, 0.3) is 0 Å². The molecular formula is C13H22N2O3S2. The van der Waals surface area contributed by atoms with E-state index < -0.39 is 10.0 Å². The van der Waals surface area contributed by atoms with E-state index >= 15 is 0 Å². The van der Waals surface area contributed by atoms with E-state index in [0.717, 1.165) is 11.3 Å². The zero-order chi connectivity index (χ0) is 15.5. The number of ether oxygens (including phenoxy) is 1. The van der Waals surface area contributed by atoms with Gasteiger partial charge in [0.1, 0.15) is 10.6 Å². The van der Waals surface area contributed by atoms with Crippen LogP contribution < -0.4 is 10.5 Å². The molecule has 0 saturated heterocycles. The van der Waals surface area contributed by atoms with E-state index in [1.54, 1.807) is 24.9 Å². The number of anilines is 1. The van der Waals surface area contributed by atoms with Gasteiger partial charge in [0.25, 0.3) is 0 Å². The van der Waals surface area contributed by atoms with E-state index in [1.165, 1.54) is 17.5 Å². The molecule has 0 radical (unpaired) electrons. The second-order valence-corrected chi connectivity index (χ2v) is 7.56. The second kappa shape index (κ2) is 6.69. The van der Waals surface area contributed by atoms with Gasteiger partial charge in [0, 0.05) is 24.5 Å². The first-order chi connectivity index (χ1) is 9.25. The summed E-state index contributed by atoms with van der Waals surface area (Å²) in [5.74, 6) is 1.04. The van der Waals surface area contributed by atoms with Gasteiger partial charge in [0.05, 0.1) is 7.11 Å². The van der Waals surface area contributed by atoms with E-state index in [1.807, 2.05) is 20.1 Å². The van der Waals surface area contributed by atoms with E-state index in [9.17, 15) is 8.42 Å². The first kappa shape index (κ1) is 17.1. The molecule has 114 valence electrons. The van der Waals surface area contributed by atoms with E-state index in [4.69, 9.17) is 10.5 Å². The Bertz CT molecular complexity index is 573. The third-order valence-corrected chi connectivity index (χ3v) is 6.05. The number of benzene rings is 1. The number of sulfonamides is 1. The number of hydrogen-bond acceptors (Lipinski definition) is 5. The Morgan fingerprint density at radius 3 is 2.55 bits per heavy atom. The molecule has 0 fully saturated rings. The highest BCUT2D eigenvalue weighted by atomic mass is 32.2. The van der Waals surface area contributed by atoms with Crippen molar-refractivity contribution in [3.63, 3.8) is 0 Å². The molecule has 0 amide bonds. The maximum absolute atomic E-state index is 12.7. The fourth-order valence-electron chi connectivity index (χ4n) is 1.78. The molecule has 1 aromatic carbocycles. The molecule has 0 heterocycles. The second-order valence-electron chi connectivity index (χ2n) is 4.69. The molecule has 0 aliphatic heterocycles. The standard InChI is InChI=1S/C13H22N2O3S2/c1-9-6-12(18-4)13(7-11(9)14)20(16,17)15(3)10(2)8-19-5/h6-7,10H,8,14H2,1-5H3. The van der Waals surface area contributed by atoms with Crippen LogP contribution >= 0.6 is 11.8 Å². The molecule has 0 aliphatic rings. The Morgan fingerprint density at radius 1 is 1.45 bits per heavy atom. The summed E-state index contributed by atoms with van der Waals surface area (Å²) in [6.07, 6.45) is 1.95. The van der Waals surface area contributed by atoms with Crippen LogP contribution in [0.4, 0.5) is 5.69 Å². The third kappa shape index (κ3) is 3.39. The van der Waals surface area contributed by atoms with Crippen molar-refractivity contribution in [1.82, 2.24) is 4.31 Å². The molecule has 1 unspecified atom stereocenters. The third-order valence-electron chi connectivity index (χ3n) is 3.24. The van der Waals surface area contributed by atoms with Gasteiger partial charge in [-0.25, -0.2) is 8.42 Å². The monoisotopic (exact) mass is 318 g/mol. The van der Waals surface area contributed by atoms with Gasteiger partial charge in [-0.2, -0.15) is 16.1 Å². The molecule has 0 aromatic heterocycles. The number of nitrogens with two attached hydrogens (primary N) is 1. The lowest BCUT2D eigenvalue weighted by atomic mass is 10.2.